The monoisotopic (exact) mass is 327 g/mol. The van der Waals surface area contributed by atoms with Crippen molar-refractivity contribution in [1.82, 2.24) is 9.66 Å². The number of nitrogens with two attached hydrogens (primary N) is 1. The van der Waals surface area contributed by atoms with E-state index in [9.17, 15) is 4.79 Å². The van der Waals surface area contributed by atoms with Crippen molar-refractivity contribution in [3.05, 3.63) is 65.8 Å². The summed E-state index contributed by atoms with van der Waals surface area (Å²) in [5, 5.41) is 3.21. The van der Waals surface area contributed by atoms with Crippen molar-refractivity contribution in [2.24, 2.45) is 0 Å². The van der Waals surface area contributed by atoms with Crippen molar-refractivity contribution in [1.29, 1.82) is 0 Å². The Morgan fingerprint density at radius 1 is 1.13 bits per heavy atom. The summed E-state index contributed by atoms with van der Waals surface area (Å²) in [7, 11) is 0. The highest BCUT2D eigenvalue weighted by molar-refractivity contribution is 6.30. The molecule has 0 bridgehead atoms. The van der Waals surface area contributed by atoms with Crippen LogP contribution in [0.3, 0.4) is 0 Å². The average molecular weight is 328 g/mol. The van der Waals surface area contributed by atoms with Crippen LogP contribution in [-0.2, 0) is 0 Å². The lowest BCUT2D eigenvalue weighted by molar-refractivity contribution is 0.260. The van der Waals surface area contributed by atoms with Crippen molar-refractivity contribution in [2.75, 3.05) is 16.5 Å². The minimum atomic E-state index is -0.448. The summed E-state index contributed by atoms with van der Waals surface area (Å²) in [6.45, 7) is 0. The number of carbonyl (C=O) groups excluding carboxylic acids is 1. The molecule has 0 spiro atoms. The SMILES string of the molecule is Nc1nc(-c2ccccc2)cn1NC(=O)Nc1cccc(Cl)c1. The molecule has 0 saturated heterocycles. The molecule has 1 aromatic heterocycles. The molecule has 0 aliphatic rings. The van der Waals surface area contributed by atoms with Gasteiger partial charge in [0.1, 0.15) is 0 Å². The predicted molar refractivity (Wildman–Crippen MR) is 91.9 cm³/mol. The number of carbonyl (C=O) groups is 1. The van der Waals surface area contributed by atoms with E-state index >= 15 is 0 Å². The van der Waals surface area contributed by atoms with E-state index in [4.69, 9.17) is 17.3 Å². The van der Waals surface area contributed by atoms with Gasteiger partial charge >= 0.3 is 6.03 Å². The van der Waals surface area contributed by atoms with Crippen molar-refractivity contribution < 1.29 is 4.79 Å². The van der Waals surface area contributed by atoms with Crippen LogP contribution in [0.15, 0.2) is 60.8 Å². The molecule has 0 unspecified atom stereocenters. The zero-order valence-corrected chi connectivity index (χ0v) is 12.8. The lowest BCUT2D eigenvalue weighted by Crippen LogP contribution is -2.28. The van der Waals surface area contributed by atoms with E-state index in [0.717, 1.165) is 5.56 Å². The highest BCUT2D eigenvalue weighted by Crippen LogP contribution is 2.19. The number of amides is 2. The summed E-state index contributed by atoms with van der Waals surface area (Å²) in [4.78, 5) is 16.3. The van der Waals surface area contributed by atoms with Crippen LogP contribution in [0, 0.1) is 0 Å². The standard InChI is InChI=1S/C16H14ClN5O/c17-12-7-4-8-13(9-12)19-16(23)21-22-10-14(20-15(22)18)11-5-2-1-3-6-11/h1-10H,(H2,18,20)(H2,19,21,23). The molecule has 0 radical (unpaired) electrons. The Morgan fingerprint density at radius 3 is 2.65 bits per heavy atom. The number of halogens is 1. The molecule has 0 aliphatic carbocycles. The third kappa shape index (κ3) is 3.61. The van der Waals surface area contributed by atoms with Gasteiger partial charge in [0.2, 0.25) is 5.95 Å². The molecule has 3 rings (SSSR count). The maximum absolute atomic E-state index is 12.0. The number of hydrogen-bond acceptors (Lipinski definition) is 3. The molecular formula is C16H14ClN5O. The van der Waals surface area contributed by atoms with Gasteiger partial charge in [-0.05, 0) is 18.2 Å². The lowest BCUT2D eigenvalue weighted by Gasteiger charge is -2.09. The molecule has 23 heavy (non-hydrogen) atoms. The first-order valence-electron chi connectivity index (χ1n) is 6.86. The number of rotatable bonds is 3. The molecular weight excluding hydrogens is 314 g/mol. The normalized spacial score (nSPS) is 10.3. The molecule has 0 saturated carbocycles. The van der Waals surface area contributed by atoms with Gasteiger partial charge in [0.05, 0.1) is 11.9 Å². The summed E-state index contributed by atoms with van der Waals surface area (Å²) in [6, 6.07) is 16.0. The number of urea groups is 1. The Labute approximate surface area is 137 Å². The third-order valence-electron chi connectivity index (χ3n) is 3.11. The Morgan fingerprint density at radius 2 is 1.91 bits per heavy atom. The number of benzene rings is 2. The van der Waals surface area contributed by atoms with Gasteiger partial charge in [-0.15, -0.1) is 0 Å². The highest BCUT2D eigenvalue weighted by Gasteiger charge is 2.09. The smallest absolute Gasteiger partial charge is 0.338 e. The Balaban J connectivity index is 1.73. The van der Waals surface area contributed by atoms with Crippen LogP contribution in [0.1, 0.15) is 0 Å². The molecule has 3 aromatic rings. The zero-order chi connectivity index (χ0) is 16.2. The van der Waals surface area contributed by atoms with Crippen molar-refractivity contribution in [3.8, 4) is 11.3 Å². The molecule has 6 nitrogen and oxygen atoms in total. The number of anilines is 2. The Kier molecular flexibility index (Phi) is 4.16. The largest absolute Gasteiger partial charge is 0.368 e. The second-order valence-corrected chi connectivity index (χ2v) is 5.23. The molecule has 1 heterocycles. The lowest BCUT2D eigenvalue weighted by atomic mass is 10.2. The average Bonchev–Trinajstić information content (AvgIpc) is 2.89. The number of nitrogens with zero attached hydrogens (tertiary/aromatic N) is 2. The third-order valence-corrected chi connectivity index (χ3v) is 3.34. The molecule has 2 amide bonds. The van der Waals surface area contributed by atoms with Crippen LogP contribution in [0.2, 0.25) is 5.02 Å². The molecule has 4 N–H and O–H groups in total. The van der Waals surface area contributed by atoms with Crippen molar-refractivity contribution in [2.45, 2.75) is 0 Å². The predicted octanol–water partition coefficient (Wildman–Crippen LogP) is 3.56. The van der Waals surface area contributed by atoms with E-state index in [0.29, 0.717) is 16.4 Å². The number of imidazole rings is 1. The first kappa shape index (κ1) is 14.9. The van der Waals surface area contributed by atoms with Gasteiger partial charge in [0, 0.05) is 16.3 Å². The second-order valence-electron chi connectivity index (χ2n) is 4.80. The van der Waals surface area contributed by atoms with Crippen LogP contribution in [0.5, 0.6) is 0 Å². The van der Waals surface area contributed by atoms with Crippen LogP contribution in [0.4, 0.5) is 16.4 Å². The molecule has 0 atom stereocenters. The van der Waals surface area contributed by atoms with Crippen molar-refractivity contribution >= 4 is 29.3 Å². The first-order valence-corrected chi connectivity index (χ1v) is 7.23. The van der Waals surface area contributed by atoms with Gasteiger partial charge in [-0.1, -0.05) is 48.0 Å². The van der Waals surface area contributed by atoms with E-state index in [-0.39, 0.29) is 5.95 Å². The van der Waals surface area contributed by atoms with Crippen LogP contribution < -0.4 is 16.5 Å². The fourth-order valence-corrected chi connectivity index (χ4v) is 2.26. The fraction of sp³-hybridized carbons (Fsp3) is 0. The second kappa shape index (κ2) is 6.41. The molecule has 0 aliphatic heterocycles. The maximum atomic E-state index is 12.0. The van der Waals surface area contributed by atoms with Crippen molar-refractivity contribution in [3.63, 3.8) is 0 Å². The Bertz CT molecular complexity index is 831. The number of nitrogen functional groups attached to an aromatic ring is 1. The van der Waals surface area contributed by atoms with E-state index in [1.165, 1.54) is 4.68 Å². The van der Waals surface area contributed by atoms with E-state index in [1.54, 1.807) is 30.5 Å². The minimum absolute atomic E-state index is 0.185. The van der Waals surface area contributed by atoms with Crippen LogP contribution >= 0.6 is 11.6 Å². The molecule has 2 aromatic carbocycles. The summed E-state index contributed by atoms with van der Waals surface area (Å²) in [6.07, 6.45) is 1.65. The van der Waals surface area contributed by atoms with E-state index in [2.05, 4.69) is 15.7 Å². The Hall–Kier alpha value is -2.99. The summed E-state index contributed by atoms with van der Waals surface area (Å²) < 4.78 is 1.36. The van der Waals surface area contributed by atoms with Crippen LogP contribution in [0.25, 0.3) is 11.3 Å². The fourth-order valence-electron chi connectivity index (χ4n) is 2.07. The molecule has 116 valence electrons. The molecule has 0 fully saturated rings. The number of aromatic nitrogens is 2. The van der Waals surface area contributed by atoms with Gasteiger partial charge < -0.3 is 11.1 Å². The summed E-state index contributed by atoms with van der Waals surface area (Å²) in [5.74, 6) is 0.185. The van der Waals surface area contributed by atoms with Gasteiger partial charge in [-0.3, -0.25) is 0 Å². The van der Waals surface area contributed by atoms with E-state index in [1.807, 2.05) is 30.3 Å². The minimum Gasteiger partial charge on any atom is -0.368 e. The van der Waals surface area contributed by atoms with Gasteiger partial charge in [0.25, 0.3) is 0 Å². The number of nitrogens with one attached hydrogen (secondary N) is 2. The maximum Gasteiger partial charge on any atom is 0.338 e. The molecule has 7 heteroatoms. The van der Waals surface area contributed by atoms with Crippen LogP contribution in [-0.4, -0.2) is 15.7 Å². The number of hydrogen-bond donors (Lipinski definition) is 3. The summed E-state index contributed by atoms with van der Waals surface area (Å²) in [5.41, 5.74) is 10.6. The van der Waals surface area contributed by atoms with Gasteiger partial charge in [0.15, 0.2) is 0 Å². The highest BCUT2D eigenvalue weighted by atomic mass is 35.5. The van der Waals surface area contributed by atoms with E-state index < -0.39 is 6.03 Å². The summed E-state index contributed by atoms with van der Waals surface area (Å²) >= 11 is 5.88. The quantitative estimate of drug-likeness (QED) is 0.687. The van der Waals surface area contributed by atoms with Gasteiger partial charge in [-0.2, -0.15) is 0 Å². The first-order chi connectivity index (χ1) is 11.1. The topological polar surface area (TPSA) is 85.0 Å². The zero-order valence-electron chi connectivity index (χ0n) is 12.0. The van der Waals surface area contributed by atoms with Gasteiger partial charge in [-0.25, -0.2) is 19.9 Å².